The quantitative estimate of drug-likeness (QED) is 0.106. The SMILES string of the molecule is CCC(C)(C)C(=O)OCC(=O)OCC(F)(F)F.CCC1(OC(=O)C(C)(C)CC)CCCCCCC1.COC(=O)C(C)(C)N=NC(C)(C)C(=O)CO. The molecule has 0 amide bonds. The molecule has 1 aliphatic carbocycles. The number of methoxy groups -OCH3 is 1. The fraction of sp³-hybridized carbons (Fsp3) is 0.861. The largest absolute Gasteiger partial charge is 0.467 e. The van der Waals surface area contributed by atoms with Gasteiger partial charge in [0.2, 0.25) is 0 Å². The maximum absolute atomic E-state index is 12.3. The van der Waals surface area contributed by atoms with Crippen molar-refractivity contribution in [3.05, 3.63) is 0 Å². The van der Waals surface area contributed by atoms with Gasteiger partial charge in [-0.25, -0.2) is 9.59 Å². The number of aliphatic hydroxyl groups is 1. The minimum atomic E-state index is -4.58. The van der Waals surface area contributed by atoms with Crippen LogP contribution in [-0.4, -0.2) is 84.6 Å². The molecule has 0 aromatic heterocycles. The number of carbonyl (C=O) groups is 5. The number of esters is 4. The van der Waals surface area contributed by atoms with Crippen molar-refractivity contribution in [3.63, 3.8) is 0 Å². The monoisotopic (exact) mass is 740 g/mol. The molecular weight excluding hydrogens is 677 g/mol. The summed E-state index contributed by atoms with van der Waals surface area (Å²) in [6.45, 7) is 16.2. The first-order valence-corrected chi connectivity index (χ1v) is 17.5. The number of Topliss-reactive ketones (excluding diaryl/α,β-unsaturated/α-hetero) is 1. The highest BCUT2D eigenvalue weighted by molar-refractivity contribution is 5.88. The summed E-state index contributed by atoms with van der Waals surface area (Å²) in [5.74, 6) is -2.88. The predicted molar refractivity (Wildman–Crippen MR) is 185 cm³/mol. The fourth-order valence-corrected chi connectivity index (χ4v) is 4.01. The number of alkyl halides is 3. The Kier molecular flexibility index (Phi) is 21.6. The molecule has 0 atom stereocenters. The Balaban J connectivity index is 0. The molecule has 0 aliphatic heterocycles. The van der Waals surface area contributed by atoms with Crippen LogP contribution in [0.1, 0.15) is 140 Å². The third-order valence-corrected chi connectivity index (χ3v) is 8.87. The lowest BCUT2D eigenvalue weighted by atomic mass is 9.83. The van der Waals surface area contributed by atoms with Crippen molar-refractivity contribution in [2.45, 2.75) is 163 Å². The van der Waals surface area contributed by atoms with E-state index in [1.165, 1.54) is 66.9 Å². The van der Waals surface area contributed by atoms with Crippen molar-refractivity contribution < 1.29 is 61.2 Å². The van der Waals surface area contributed by atoms with E-state index in [2.05, 4.69) is 38.3 Å². The summed E-state index contributed by atoms with van der Waals surface area (Å²) in [6, 6.07) is 0. The van der Waals surface area contributed by atoms with E-state index < -0.39 is 66.2 Å². The number of nitrogens with zero attached hydrogens (tertiary/aromatic N) is 2. The minimum absolute atomic E-state index is 0.00702. The number of ether oxygens (including phenoxy) is 4. The van der Waals surface area contributed by atoms with Crippen LogP contribution in [0, 0.1) is 10.8 Å². The molecule has 0 aromatic rings. The van der Waals surface area contributed by atoms with Gasteiger partial charge in [0.1, 0.15) is 17.7 Å². The molecule has 0 aromatic carbocycles. The van der Waals surface area contributed by atoms with Crippen LogP contribution in [0.15, 0.2) is 10.2 Å². The summed E-state index contributed by atoms with van der Waals surface area (Å²) in [7, 11) is 1.25. The summed E-state index contributed by atoms with van der Waals surface area (Å²) >= 11 is 0. The van der Waals surface area contributed by atoms with Crippen molar-refractivity contribution in [3.8, 4) is 0 Å². The summed E-state index contributed by atoms with van der Waals surface area (Å²) in [6.07, 6.45) is 6.13. The normalized spacial score (nSPS) is 15.5. The smallest absolute Gasteiger partial charge is 0.422 e. The van der Waals surface area contributed by atoms with Gasteiger partial charge in [-0.05, 0) is 100 Å². The van der Waals surface area contributed by atoms with Gasteiger partial charge in [-0.1, -0.05) is 40.0 Å². The van der Waals surface area contributed by atoms with Gasteiger partial charge in [0.05, 0.1) is 17.9 Å². The molecular formula is C36H63F3N2O10. The molecule has 0 spiro atoms. The first kappa shape index (κ1) is 50.0. The Morgan fingerprint density at radius 1 is 0.686 bits per heavy atom. The predicted octanol–water partition coefficient (Wildman–Crippen LogP) is 7.66. The van der Waals surface area contributed by atoms with E-state index in [4.69, 9.17) is 9.84 Å². The Hall–Kier alpha value is -3.10. The van der Waals surface area contributed by atoms with Crippen LogP contribution in [0.3, 0.4) is 0 Å². The molecule has 0 saturated heterocycles. The van der Waals surface area contributed by atoms with Crippen molar-refractivity contribution in [1.29, 1.82) is 0 Å². The molecule has 0 heterocycles. The second-order valence-electron chi connectivity index (χ2n) is 14.9. The van der Waals surface area contributed by atoms with Gasteiger partial charge in [-0.3, -0.25) is 14.4 Å². The second kappa shape index (κ2) is 22.1. The average Bonchev–Trinajstić information content (AvgIpc) is 3.05. The van der Waals surface area contributed by atoms with Crippen LogP contribution in [0.25, 0.3) is 0 Å². The van der Waals surface area contributed by atoms with Gasteiger partial charge in [-0.2, -0.15) is 23.4 Å². The molecule has 0 bridgehead atoms. The molecule has 0 radical (unpaired) electrons. The number of azo groups is 1. The van der Waals surface area contributed by atoms with Gasteiger partial charge in [0.15, 0.2) is 24.5 Å². The van der Waals surface area contributed by atoms with E-state index in [9.17, 15) is 37.1 Å². The van der Waals surface area contributed by atoms with Crippen LogP contribution in [0.4, 0.5) is 13.2 Å². The first-order valence-electron chi connectivity index (χ1n) is 17.5. The Morgan fingerprint density at radius 3 is 1.55 bits per heavy atom. The Labute approximate surface area is 302 Å². The van der Waals surface area contributed by atoms with Crippen molar-refractivity contribution >= 4 is 29.7 Å². The van der Waals surface area contributed by atoms with Gasteiger partial charge in [-0.15, -0.1) is 0 Å². The lowest BCUT2D eigenvalue weighted by Gasteiger charge is -2.37. The maximum atomic E-state index is 12.3. The summed E-state index contributed by atoms with van der Waals surface area (Å²) in [4.78, 5) is 57.0. The van der Waals surface area contributed by atoms with Crippen LogP contribution < -0.4 is 0 Å². The number of ketones is 1. The highest BCUT2D eigenvalue weighted by atomic mass is 19.4. The van der Waals surface area contributed by atoms with Crippen LogP contribution in [0.5, 0.6) is 0 Å². The fourth-order valence-electron chi connectivity index (χ4n) is 4.01. The van der Waals surface area contributed by atoms with Crippen LogP contribution in [-0.2, 0) is 42.9 Å². The molecule has 1 rings (SSSR count). The molecule has 1 aliphatic rings. The molecule has 1 fully saturated rings. The van der Waals surface area contributed by atoms with Gasteiger partial charge < -0.3 is 24.1 Å². The summed E-state index contributed by atoms with van der Waals surface area (Å²) < 4.78 is 53.9. The number of hydrogen-bond donors (Lipinski definition) is 1. The van der Waals surface area contributed by atoms with Gasteiger partial charge in [0.25, 0.3) is 0 Å². The average molecular weight is 741 g/mol. The Bertz CT molecular complexity index is 1110. The molecule has 298 valence electrons. The van der Waals surface area contributed by atoms with E-state index in [1.807, 2.05) is 13.8 Å². The molecule has 15 heteroatoms. The zero-order chi connectivity index (χ0) is 40.3. The number of halogens is 3. The van der Waals surface area contributed by atoms with Crippen LogP contribution in [0.2, 0.25) is 0 Å². The highest BCUT2D eigenvalue weighted by Gasteiger charge is 2.38. The Morgan fingerprint density at radius 2 is 1.14 bits per heavy atom. The molecule has 1 N–H and O–H groups in total. The number of hydrogen-bond acceptors (Lipinski definition) is 12. The number of aliphatic hydroxyl groups excluding tert-OH is 1. The topological polar surface area (TPSA) is 167 Å². The number of rotatable bonds is 14. The van der Waals surface area contributed by atoms with E-state index >= 15 is 0 Å². The van der Waals surface area contributed by atoms with Gasteiger partial charge in [0, 0.05) is 0 Å². The third-order valence-electron chi connectivity index (χ3n) is 8.87. The summed E-state index contributed by atoms with van der Waals surface area (Å²) in [5, 5.41) is 16.3. The van der Waals surface area contributed by atoms with Gasteiger partial charge >= 0.3 is 30.1 Å². The molecule has 1 saturated carbocycles. The highest BCUT2D eigenvalue weighted by Crippen LogP contribution is 2.35. The molecule has 0 unspecified atom stereocenters. The van der Waals surface area contributed by atoms with E-state index in [-0.39, 0.29) is 17.0 Å². The maximum Gasteiger partial charge on any atom is 0.422 e. The van der Waals surface area contributed by atoms with E-state index in [1.54, 1.807) is 20.8 Å². The van der Waals surface area contributed by atoms with Crippen LogP contribution >= 0.6 is 0 Å². The van der Waals surface area contributed by atoms with E-state index in [0.29, 0.717) is 6.42 Å². The first-order chi connectivity index (χ1) is 23.2. The molecule has 12 nitrogen and oxygen atoms in total. The molecule has 51 heavy (non-hydrogen) atoms. The number of carbonyl (C=O) groups excluding carboxylic acids is 5. The zero-order valence-corrected chi connectivity index (χ0v) is 32.8. The van der Waals surface area contributed by atoms with E-state index in [0.717, 1.165) is 25.7 Å². The third kappa shape index (κ3) is 19.9. The zero-order valence-electron chi connectivity index (χ0n) is 32.8. The summed E-state index contributed by atoms with van der Waals surface area (Å²) in [5.41, 5.74) is -3.57. The standard InChI is InChI=1S/C16H30O2.C10H15F3O4.C10H18N2O4/c1-5-15(3,4)14(17)18-16(6-2)12-10-8-7-9-11-13-16;1-4-9(2,3)8(15)16-5-7(14)17-6-10(11,12)13;1-9(2,7(14)6-13)11-12-10(3,4)8(15)16-5/h5-13H2,1-4H3;4-6H2,1-3H3;13H,6H2,1-5H3. The lowest BCUT2D eigenvalue weighted by Crippen LogP contribution is -2.40. The van der Waals surface area contributed by atoms with Crippen molar-refractivity contribution in [1.82, 2.24) is 0 Å². The minimum Gasteiger partial charge on any atom is -0.467 e. The van der Waals surface area contributed by atoms with Crippen molar-refractivity contribution in [2.24, 2.45) is 21.1 Å². The lowest BCUT2D eigenvalue weighted by molar-refractivity contribution is -0.190. The van der Waals surface area contributed by atoms with Crippen molar-refractivity contribution in [2.75, 3.05) is 26.9 Å². The second-order valence-corrected chi connectivity index (χ2v) is 14.9.